The Hall–Kier alpha value is -3.08. The molecular formula is C20H17N3O2. The van der Waals surface area contributed by atoms with Gasteiger partial charge in [0.15, 0.2) is 0 Å². The Morgan fingerprint density at radius 2 is 1.80 bits per heavy atom. The second-order valence-electron chi connectivity index (χ2n) is 6.29. The number of rotatable bonds is 1. The van der Waals surface area contributed by atoms with Crippen LogP contribution < -0.4 is 9.64 Å². The highest BCUT2D eigenvalue weighted by atomic mass is 16.5. The Balaban J connectivity index is 1.80. The molecule has 0 spiro atoms. The first-order valence-corrected chi connectivity index (χ1v) is 8.47. The van der Waals surface area contributed by atoms with Crippen LogP contribution in [-0.4, -0.2) is 6.61 Å². The van der Waals surface area contributed by atoms with E-state index in [9.17, 15) is 0 Å². The molecule has 0 fully saturated rings. The molecule has 3 heterocycles. The lowest BCUT2D eigenvalue weighted by atomic mass is 10.0. The molecular weight excluding hydrogens is 314 g/mol. The molecule has 5 rings (SSSR count). The fraction of sp³-hybridized carbons (Fsp3) is 0.200. The van der Waals surface area contributed by atoms with E-state index in [1.54, 1.807) is 0 Å². The van der Waals surface area contributed by atoms with Crippen molar-refractivity contribution in [2.24, 2.45) is 10.2 Å². The largest absolute Gasteiger partial charge is 0.491 e. The van der Waals surface area contributed by atoms with Crippen LogP contribution in [0.3, 0.4) is 0 Å². The number of benzene rings is 2. The first-order valence-electron chi connectivity index (χ1n) is 8.47. The van der Waals surface area contributed by atoms with Crippen molar-refractivity contribution in [3.05, 3.63) is 59.9 Å². The van der Waals surface area contributed by atoms with Gasteiger partial charge in [0.25, 0.3) is 0 Å². The molecule has 124 valence electrons. The van der Waals surface area contributed by atoms with Gasteiger partial charge in [-0.3, -0.25) is 4.90 Å². The van der Waals surface area contributed by atoms with Gasteiger partial charge in [0.05, 0.1) is 18.0 Å². The molecule has 2 aliphatic heterocycles. The number of azo groups is 1. The van der Waals surface area contributed by atoms with E-state index in [-0.39, 0.29) is 0 Å². The van der Waals surface area contributed by atoms with Gasteiger partial charge in [-0.15, -0.1) is 10.2 Å². The maximum absolute atomic E-state index is 6.04. The Bertz CT molecular complexity index is 990. The topological polar surface area (TPSA) is 50.3 Å². The lowest BCUT2D eigenvalue weighted by molar-refractivity contribution is 0.289. The normalized spacial score (nSPS) is 15.0. The average molecular weight is 331 g/mol. The minimum Gasteiger partial charge on any atom is -0.491 e. The van der Waals surface area contributed by atoms with E-state index < -0.39 is 0 Å². The minimum absolute atomic E-state index is 0.675. The Morgan fingerprint density at radius 3 is 2.76 bits per heavy atom. The standard InChI is InChI=1S/C20H17N3O2/c1-13-12-16-20(25-13)23(17-9-3-2-8-15(17)21-22-16)18-10-4-6-14-7-5-11-24-19(14)18/h2-4,6,8-10,12H,5,7,11H2,1H3. The third-order valence-electron chi connectivity index (χ3n) is 4.56. The van der Waals surface area contributed by atoms with Crippen molar-refractivity contribution in [1.29, 1.82) is 0 Å². The van der Waals surface area contributed by atoms with Crippen LogP contribution in [-0.2, 0) is 6.42 Å². The molecule has 0 bridgehead atoms. The number of hydrogen-bond acceptors (Lipinski definition) is 5. The van der Waals surface area contributed by atoms with Gasteiger partial charge in [0.1, 0.15) is 22.9 Å². The average Bonchev–Trinajstić information content (AvgIpc) is 2.94. The quantitative estimate of drug-likeness (QED) is 0.423. The van der Waals surface area contributed by atoms with Crippen LogP contribution in [0.5, 0.6) is 5.75 Å². The minimum atomic E-state index is 0.675. The molecule has 0 amide bonds. The van der Waals surface area contributed by atoms with Gasteiger partial charge in [-0.1, -0.05) is 24.3 Å². The molecule has 0 N–H and O–H groups in total. The summed E-state index contributed by atoms with van der Waals surface area (Å²) in [7, 11) is 0. The summed E-state index contributed by atoms with van der Waals surface area (Å²) in [4.78, 5) is 2.07. The first kappa shape index (κ1) is 14.3. The van der Waals surface area contributed by atoms with Gasteiger partial charge in [0, 0.05) is 6.07 Å². The van der Waals surface area contributed by atoms with E-state index in [0.717, 1.165) is 53.7 Å². The highest BCUT2D eigenvalue weighted by Gasteiger charge is 2.29. The predicted molar refractivity (Wildman–Crippen MR) is 96.1 cm³/mol. The van der Waals surface area contributed by atoms with Crippen molar-refractivity contribution in [2.75, 3.05) is 11.5 Å². The van der Waals surface area contributed by atoms with E-state index >= 15 is 0 Å². The number of fused-ring (bicyclic) bond motifs is 3. The second kappa shape index (κ2) is 5.48. The molecule has 1 aromatic heterocycles. The summed E-state index contributed by atoms with van der Waals surface area (Å²) in [6.07, 6.45) is 2.07. The smallest absolute Gasteiger partial charge is 0.232 e. The Morgan fingerprint density at radius 1 is 0.960 bits per heavy atom. The molecule has 3 aromatic rings. The van der Waals surface area contributed by atoms with E-state index in [4.69, 9.17) is 9.15 Å². The van der Waals surface area contributed by atoms with Crippen LogP contribution in [0.1, 0.15) is 17.7 Å². The molecule has 0 saturated carbocycles. The van der Waals surface area contributed by atoms with Gasteiger partial charge in [-0.05, 0) is 43.5 Å². The van der Waals surface area contributed by atoms with Crippen LogP contribution in [0.15, 0.2) is 63.2 Å². The summed E-state index contributed by atoms with van der Waals surface area (Å²) in [5.41, 5.74) is 4.65. The summed E-state index contributed by atoms with van der Waals surface area (Å²) >= 11 is 0. The van der Waals surface area contributed by atoms with Crippen LogP contribution >= 0.6 is 0 Å². The maximum atomic E-state index is 6.04. The second-order valence-corrected chi connectivity index (χ2v) is 6.29. The molecule has 25 heavy (non-hydrogen) atoms. The summed E-state index contributed by atoms with van der Waals surface area (Å²) < 4.78 is 12.1. The summed E-state index contributed by atoms with van der Waals surface area (Å²) in [6, 6.07) is 16.1. The highest BCUT2D eigenvalue weighted by molar-refractivity contribution is 5.89. The molecule has 0 saturated heterocycles. The fourth-order valence-corrected chi connectivity index (χ4v) is 3.46. The third kappa shape index (κ3) is 2.23. The summed E-state index contributed by atoms with van der Waals surface area (Å²) in [6.45, 7) is 2.66. The van der Waals surface area contributed by atoms with E-state index in [2.05, 4.69) is 33.3 Å². The van der Waals surface area contributed by atoms with Crippen molar-refractivity contribution < 1.29 is 9.15 Å². The van der Waals surface area contributed by atoms with E-state index in [1.165, 1.54) is 5.56 Å². The number of furan rings is 1. The zero-order valence-electron chi connectivity index (χ0n) is 13.9. The van der Waals surface area contributed by atoms with Gasteiger partial charge in [-0.25, -0.2) is 0 Å². The van der Waals surface area contributed by atoms with Gasteiger partial charge in [0.2, 0.25) is 5.88 Å². The van der Waals surface area contributed by atoms with Crippen molar-refractivity contribution in [3.8, 4) is 5.75 Å². The molecule has 5 heteroatoms. The Kier molecular flexibility index (Phi) is 3.13. The lowest BCUT2D eigenvalue weighted by Gasteiger charge is -2.28. The maximum Gasteiger partial charge on any atom is 0.232 e. The van der Waals surface area contributed by atoms with Crippen molar-refractivity contribution in [1.82, 2.24) is 0 Å². The predicted octanol–water partition coefficient (Wildman–Crippen LogP) is 6.11. The van der Waals surface area contributed by atoms with E-state index in [0.29, 0.717) is 5.88 Å². The molecule has 2 aromatic carbocycles. The third-order valence-corrected chi connectivity index (χ3v) is 4.56. The molecule has 0 radical (unpaired) electrons. The van der Waals surface area contributed by atoms with Gasteiger partial charge in [-0.2, -0.15) is 0 Å². The fourth-order valence-electron chi connectivity index (χ4n) is 3.46. The number of anilines is 3. The molecule has 0 unspecified atom stereocenters. The Labute approximate surface area is 145 Å². The lowest BCUT2D eigenvalue weighted by Crippen LogP contribution is -2.15. The molecule has 0 aliphatic carbocycles. The van der Waals surface area contributed by atoms with Crippen LogP contribution in [0.4, 0.5) is 28.6 Å². The summed E-state index contributed by atoms with van der Waals surface area (Å²) in [5, 5.41) is 8.80. The van der Waals surface area contributed by atoms with Crippen LogP contribution in [0.2, 0.25) is 0 Å². The molecule has 0 atom stereocenters. The molecule has 5 nitrogen and oxygen atoms in total. The van der Waals surface area contributed by atoms with Gasteiger partial charge < -0.3 is 9.15 Å². The number of para-hydroxylation sites is 2. The zero-order valence-corrected chi connectivity index (χ0v) is 13.9. The van der Waals surface area contributed by atoms with Crippen molar-refractivity contribution in [3.63, 3.8) is 0 Å². The van der Waals surface area contributed by atoms with Crippen molar-refractivity contribution >= 4 is 28.6 Å². The van der Waals surface area contributed by atoms with Crippen molar-refractivity contribution in [2.45, 2.75) is 19.8 Å². The SMILES string of the molecule is Cc1cc2c(o1)N(c1cccc3c1OCCC3)c1ccccc1N=N2. The number of hydrogen-bond donors (Lipinski definition) is 0. The number of nitrogens with zero attached hydrogens (tertiary/aromatic N) is 3. The first-order chi connectivity index (χ1) is 12.3. The monoisotopic (exact) mass is 331 g/mol. The van der Waals surface area contributed by atoms with Crippen LogP contribution in [0, 0.1) is 6.92 Å². The van der Waals surface area contributed by atoms with Gasteiger partial charge >= 0.3 is 0 Å². The van der Waals surface area contributed by atoms with E-state index in [1.807, 2.05) is 37.3 Å². The number of ether oxygens (including phenoxy) is 1. The van der Waals surface area contributed by atoms with Crippen LogP contribution in [0.25, 0.3) is 0 Å². The highest BCUT2D eigenvalue weighted by Crippen LogP contribution is 2.51. The molecule has 2 aliphatic rings. The number of aryl methyl sites for hydroxylation is 2. The zero-order chi connectivity index (χ0) is 16.8. The summed E-state index contributed by atoms with van der Waals surface area (Å²) in [5.74, 6) is 2.40.